The molecule has 0 aromatic heterocycles. The molecule has 0 N–H and O–H groups in total. The third-order valence-corrected chi connectivity index (χ3v) is 6.68. The molecule has 2 saturated heterocycles. The Balaban J connectivity index is 1.51. The summed E-state index contributed by atoms with van der Waals surface area (Å²) in [4.78, 5) is 32.1. The zero-order chi connectivity index (χ0) is 19.9. The van der Waals surface area contributed by atoms with Gasteiger partial charge in [-0.05, 0) is 38.8 Å². The number of hydrogen-bond donors (Lipinski definition) is 0. The van der Waals surface area contributed by atoms with Crippen LogP contribution in [0, 0.1) is 11.7 Å². The number of piperazine rings is 2. The average Bonchev–Trinajstić information content (AvgIpc) is 3.21. The molecule has 5 nitrogen and oxygen atoms in total. The molecular weight excluding hydrogens is 357 g/mol. The second kappa shape index (κ2) is 7.47. The molecule has 1 saturated carbocycles. The highest BCUT2D eigenvalue weighted by atomic mass is 19.1. The first kappa shape index (κ1) is 19.4. The number of amides is 2. The second-order valence-corrected chi connectivity index (χ2v) is 9.09. The average molecular weight is 387 g/mol. The lowest BCUT2D eigenvalue weighted by atomic mass is 9.91. The lowest BCUT2D eigenvalue weighted by Crippen LogP contribution is -2.70. The van der Waals surface area contributed by atoms with Crippen LogP contribution in [0.3, 0.4) is 0 Å². The maximum Gasteiger partial charge on any atom is 0.256 e. The van der Waals surface area contributed by atoms with Crippen molar-refractivity contribution in [3.05, 3.63) is 35.6 Å². The Morgan fingerprint density at radius 1 is 1.04 bits per heavy atom. The molecule has 4 rings (SSSR count). The van der Waals surface area contributed by atoms with Crippen molar-refractivity contribution >= 4 is 11.8 Å². The molecule has 2 aliphatic heterocycles. The van der Waals surface area contributed by atoms with E-state index in [9.17, 15) is 14.0 Å². The van der Waals surface area contributed by atoms with Gasteiger partial charge in [-0.25, -0.2) is 4.39 Å². The highest BCUT2D eigenvalue weighted by Gasteiger charge is 2.45. The zero-order valence-electron chi connectivity index (χ0n) is 16.9. The van der Waals surface area contributed by atoms with Crippen LogP contribution in [0.1, 0.15) is 49.9 Å². The van der Waals surface area contributed by atoms with Gasteiger partial charge in [0.15, 0.2) is 0 Å². The summed E-state index contributed by atoms with van der Waals surface area (Å²) in [6, 6.07) is 6.27. The summed E-state index contributed by atoms with van der Waals surface area (Å²) < 4.78 is 14.2. The summed E-state index contributed by atoms with van der Waals surface area (Å²) in [5, 5.41) is 0. The van der Waals surface area contributed by atoms with Crippen LogP contribution in [0.5, 0.6) is 0 Å². The molecule has 0 radical (unpaired) electrons. The molecule has 6 heteroatoms. The zero-order valence-corrected chi connectivity index (χ0v) is 16.9. The Labute approximate surface area is 166 Å². The quantitative estimate of drug-likeness (QED) is 0.784. The molecule has 0 bridgehead atoms. The molecule has 3 fully saturated rings. The van der Waals surface area contributed by atoms with Crippen LogP contribution in [0.15, 0.2) is 24.3 Å². The Morgan fingerprint density at radius 2 is 1.71 bits per heavy atom. The van der Waals surface area contributed by atoms with Gasteiger partial charge in [0.2, 0.25) is 5.91 Å². The number of benzene rings is 1. The van der Waals surface area contributed by atoms with Crippen molar-refractivity contribution in [3.63, 3.8) is 0 Å². The minimum atomic E-state index is -0.477. The van der Waals surface area contributed by atoms with Crippen LogP contribution in [0.2, 0.25) is 0 Å². The molecule has 1 aromatic carbocycles. The molecule has 2 heterocycles. The summed E-state index contributed by atoms with van der Waals surface area (Å²) in [7, 11) is 0. The van der Waals surface area contributed by atoms with Crippen molar-refractivity contribution in [3.8, 4) is 0 Å². The fourth-order valence-electron chi connectivity index (χ4n) is 5.28. The van der Waals surface area contributed by atoms with Gasteiger partial charge in [-0.3, -0.25) is 14.5 Å². The molecule has 152 valence electrons. The first-order chi connectivity index (χ1) is 13.4. The molecule has 28 heavy (non-hydrogen) atoms. The number of rotatable bonds is 2. The van der Waals surface area contributed by atoms with Crippen molar-refractivity contribution in [2.45, 2.75) is 51.1 Å². The van der Waals surface area contributed by atoms with E-state index in [1.54, 1.807) is 23.1 Å². The van der Waals surface area contributed by atoms with Crippen LogP contribution in [0.25, 0.3) is 0 Å². The van der Waals surface area contributed by atoms with Gasteiger partial charge < -0.3 is 9.80 Å². The topological polar surface area (TPSA) is 43.9 Å². The monoisotopic (exact) mass is 387 g/mol. The fourth-order valence-corrected chi connectivity index (χ4v) is 5.28. The summed E-state index contributed by atoms with van der Waals surface area (Å²) in [6.07, 6.45) is 4.32. The standard InChI is InChI=1S/C22H30FN3O2/c1-22(2)15-25(21(28)18-9-5-6-10-19(18)23)14-17-13-24(11-12-26(17)22)20(27)16-7-3-4-8-16/h5-6,9-10,16-17H,3-4,7-8,11-15H2,1-2H3/t17-/m0/s1. The number of halogens is 1. The Kier molecular flexibility index (Phi) is 5.17. The summed E-state index contributed by atoms with van der Waals surface area (Å²) in [6.45, 7) is 7.61. The molecule has 3 aliphatic rings. The first-order valence-electron chi connectivity index (χ1n) is 10.5. The normalized spacial score (nSPS) is 25.6. The van der Waals surface area contributed by atoms with Crippen molar-refractivity contribution in [1.82, 2.24) is 14.7 Å². The molecule has 0 spiro atoms. The van der Waals surface area contributed by atoms with Crippen LogP contribution >= 0.6 is 0 Å². The van der Waals surface area contributed by atoms with Crippen LogP contribution in [-0.4, -0.2) is 70.8 Å². The lowest BCUT2D eigenvalue weighted by molar-refractivity contribution is -0.142. The molecule has 0 unspecified atom stereocenters. The van der Waals surface area contributed by atoms with Crippen molar-refractivity contribution < 1.29 is 14.0 Å². The molecular formula is C22H30FN3O2. The SMILES string of the molecule is CC1(C)CN(C(=O)c2ccccc2F)C[C@@H]2CN(C(=O)C3CCCC3)CCN21. The van der Waals surface area contributed by atoms with E-state index in [1.807, 2.05) is 4.90 Å². The van der Waals surface area contributed by atoms with Crippen LogP contribution in [-0.2, 0) is 4.79 Å². The molecule has 2 amide bonds. The predicted molar refractivity (Wildman–Crippen MR) is 105 cm³/mol. The molecule has 1 atom stereocenters. The van der Waals surface area contributed by atoms with Gasteiger partial charge in [0, 0.05) is 50.2 Å². The molecule has 1 aromatic rings. The number of hydrogen-bond acceptors (Lipinski definition) is 3. The fraction of sp³-hybridized carbons (Fsp3) is 0.636. The summed E-state index contributed by atoms with van der Waals surface area (Å²) >= 11 is 0. The predicted octanol–water partition coefficient (Wildman–Crippen LogP) is 2.76. The van der Waals surface area contributed by atoms with Crippen molar-refractivity contribution in [2.75, 3.05) is 32.7 Å². The van der Waals surface area contributed by atoms with Crippen LogP contribution < -0.4 is 0 Å². The van der Waals surface area contributed by atoms with Crippen molar-refractivity contribution in [1.29, 1.82) is 0 Å². The van der Waals surface area contributed by atoms with E-state index in [0.717, 1.165) is 38.8 Å². The Bertz CT molecular complexity index is 760. The van der Waals surface area contributed by atoms with Gasteiger partial charge in [0.25, 0.3) is 5.91 Å². The smallest absolute Gasteiger partial charge is 0.256 e. The number of nitrogens with zero attached hydrogens (tertiary/aromatic N) is 3. The maximum absolute atomic E-state index is 14.2. The third kappa shape index (κ3) is 3.54. The summed E-state index contributed by atoms with van der Waals surface area (Å²) in [5.74, 6) is -0.272. The van der Waals surface area contributed by atoms with E-state index >= 15 is 0 Å². The minimum Gasteiger partial charge on any atom is -0.340 e. The Hall–Kier alpha value is -1.95. The maximum atomic E-state index is 14.2. The number of carbonyl (C=O) groups excluding carboxylic acids is 2. The van der Waals surface area contributed by atoms with Crippen LogP contribution in [0.4, 0.5) is 4.39 Å². The van der Waals surface area contributed by atoms with Gasteiger partial charge in [-0.15, -0.1) is 0 Å². The van der Waals surface area contributed by atoms with E-state index < -0.39 is 5.82 Å². The van der Waals surface area contributed by atoms with Gasteiger partial charge in [0.05, 0.1) is 5.56 Å². The minimum absolute atomic E-state index is 0.0959. The van der Waals surface area contributed by atoms with E-state index in [1.165, 1.54) is 6.07 Å². The number of carbonyl (C=O) groups is 2. The second-order valence-electron chi connectivity index (χ2n) is 9.09. The van der Waals surface area contributed by atoms with Gasteiger partial charge in [0.1, 0.15) is 5.82 Å². The molecule has 1 aliphatic carbocycles. The van der Waals surface area contributed by atoms with Gasteiger partial charge >= 0.3 is 0 Å². The third-order valence-electron chi connectivity index (χ3n) is 6.68. The van der Waals surface area contributed by atoms with E-state index in [-0.39, 0.29) is 34.9 Å². The van der Waals surface area contributed by atoms with Gasteiger partial charge in [-0.2, -0.15) is 0 Å². The largest absolute Gasteiger partial charge is 0.340 e. The van der Waals surface area contributed by atoms with E-state index in [2.05, 4.69) is 18.7 Å². The highest BCUT2D eigenvalue weighted by molar-refractivity contribution is 5.94. The first-order valence-corrected chi connectivity index (χ1v) is 10.5. The van der Waals surface area contributed by atoms with E-state index in [0.29, 0.717) is 19.6 Å². The highest BCUT2D eigenvalue weighted by Crippen LogP contribution is 2.32. The van der Waals surface area contributed by atoms with Gasteiger partial charge in [-0.1, -0.05) is 25.0 Å². The lowest BCUT2D eigenvalue weighted by Gasteiger charge is -2.55. The number of fused-ring (bicyclic) bond motifs is 1. The summed E-state index contributed by atoms with van der Waals surface area (Å²) in [5.41, 5.74) is -0.0757. The van der Waals surface area contributed by atoms with Crippen molar-refractivity contribution in [2.24, 2.45) is 5.92 Å². The Morgan fingerprint density at radius 3 is 2.43 bits per heavy atom. The van der Waals surface area contributed by atoms with E-state index in [4.69, 9.17) is 0 Å².